The van der Waals surface area contributed by atoms with Crippen molar-refractivity contribution < 1.29 is 49.7 Å². The Kier molecular flexibility index (Phi) is 10.1. The van der Waals surface area contributed by atoms with E-state index in [0.29, 0.717) is 25.3 Å². The molecular formula is C25H32F4N3O6S+. The predicted octanol–water partition coefficient (Wildman–Crippen LogP) is 3.64. The summed E-state index contributed by atoms with van der Waals surface area (Å²) in [5.41, 5.74) is 3.86. The maximum absolute atomic E-state index is 13.2. The standard InChI is InChI=1S/C24H30FN3O3.CHF3O3S/c1-5-28(14-15-6-10-18(25)11-7-15)22(26)17-9-8-16-13-20(29)21(19(16)12-17)27-23(30)31-24(2,3)4;2-1(3,4)8(5,6)7/h6-12,20-21,26,29H,5,13-14H2,1-4H3,(H,27,30);(H,5,6,7)/p+1/t20-,21-;/m1./s1. The molecule has 2 aromatic rings. The third-order valence-electron chi connectivity index (χ3n) is 5.56. The summed E-state index contributed by atoms with van der Waals surface area (Å²) in [6.07, 6.45) is -0.859. The summed E-state index contributed by atoms with van der Waals surface area (Å²) < 4.78 is 78.1. The summed E-state index contributed by atoms with van der Waals surface area (Å²) in [7, 11) is -5.84. The number of rotatable bonds is 5. The second-order valence-electron chi connectivity index (χ2n) is 9.76. The zero-order valence-electron chi connectivity index (χ0n) is 21.8. The molecule has 39 heavy (non-hydrogen) atoms. The van der Waals surface area contributed by atoms with Crippen LogP contribution in [-0.2, 0) is 27.8 Å². The summed E-state index contributed by atoms with van der Waals surface area (Å²) in [5.74, 6) is 0.302. The van der Waals surface area contributed by atoms with Gasteiger partial charge in [0.25, 0.3) is 5.84 Å². The number of aliphatic hydroxyl groups is 1. The van der Waals surface area contributed by atoms with Crippen molar-refractivity contribution >= 4 is 22.0 Å². The fraction of sp³-hybridized carbons (Fsp3) is 0.440. The first-order valence-corrected chi connectivity index (χ1v) is 13.2. The molecule has 3 rings (SSSR count). The van der Waals surface area contributed by atoms with Crippen molar-refractivity contribution in [2.45, 2.75) is 63.9 Å². The van der Waals surface area contributed by atoms with E-state index in [2.05, 4.69) is 5.32 Å². The van der Waals surface area contributed by atoms with E-state index in [4.69, 9.17) is 23.4 Å². The second-order valence-corrected chi connectivity index (χ2v) is 11.2. The third kappa shape index (κ3) is 9.18. The number of alkyl halides is 3. The molecule has 1 aliphatic carbocycles. The molecule has 0 saturated carbocycles. The van der Waals surface area contributed by atoms with Gasteiger partial charge >= 0.3 is 21.7 Å². The molecule has 1 aliphatic rings. The SMILES string of the molecule is CC[N+](Cc1ccc(F)cc1)=C(N)c1ccc2c(c1)[C@@H](NC(=O)OC(C)(C)C)[C@H](O)C2.O=S(=O)(O)C(F)(F)F. The quantitative estimate of drug-likeness (QED) is 0.106. The van der Waals surface area contributed by atoms with Gasteiger partial charge in [-0.3, -0.25) is 14.9 Å². The molecular weight excluding hydrogens is 546 g/mol. The average Bonchev–Trinajstić information content (AvgIpc) is 3.10. The first kappa shape index (κ1) is 32.0. The number of amides is 1. The Morgan fingerprint density at radius 2 is 1.72 bits per heavy atom. The smallest absolute Gasteiger partial charge is 0.444 e. The largest absolute Gasteiger partial charge is 0.522 e. The lowest BCUT2D eigenvalue weighted by atomic mass is 10.0. The third-order valence-corrected chi connectivity index (χ3v) is 6.15. The number of nitrogens with zero attached hydrogens (tertiary/aromatic N) is 1. The predicted molar refractivity (Wildman–Crippen MR) is 135 cm³/mol. The van der Waals surface area contributed by atoms with Crippen molar-refractivity contribution in [1.82, 2.24) is 5.32 Å². The molecule has 0 aliphatic heterocycles. The van der Waals surface area contributed by atoms with Crippen LogP contribution in [0.3, 0.4) is 0 Å². The molecule has 0 fully saturated rings. The topological polar surface area (TPSA) is 142 Å². The lowest BCUT2D eigenvalue weighted by molar-refractivity contribution is -0.540. The number of nitrogens with one attached hydrogen (secondary N) is 1. The lowest BCUT2D eigenvalue weighted by Gasteiger charge is -2.23. The minimum Gasteiger partial charge on any atom is -0.444 e. The van der Waals surface area contributed by atoms with Gasteiger partial charge in [0.1, 0.15) is 18.0 Å². The molecule has 0 heterocycles. The summed E-state index contributed by atoms with van der Waals surface area (Å²) >= 11 is 0. The molecule has 9 nitrogen and oxygen atoms in total. The summed E-state index contributed by atoms with van der Waals surface area (Å²) in [6, 6.07) is 11.6. The number of amidine groups is 1. The van der Waals surface area contributed by atoms with E-state index >= 15 is 0 Å². The number of halogens is 4. The first-order chi connectivity index (χ1) is 17.8. The highest BCUT2D eigenvalue weighted by atomic mass is 32.2. The highest BCUT2D eigenvalue weighted by Gasteiger charge is 2.44. The van der Waals surface area contributed by atoms with Gasteiger partial charge in [-0.05, 0) is 68.7 Å². The van der Waals surface area contributed by atoms with Gasteiger partial charge in [0, 0.05) is 6.42 Å². The molecule has 0 bridgehead atoms. The van der Waals surface area contributed by atoms with E-state index in [1.165, 1.54) is 12.1 Å². The monoisotopic (exact) mass is 578 g/mol. The summed E-state index contributed by atoms with van der Waals surface area (Å²) in [5, 5.41) is 13.3. The van der Waals surface area contributed by atoms with Gasteiger partial charge < -0.3 is 15.2 Å². The number of ether oxygens (including phenoxy) is 1. The van der Waals surface area contributed by atoms with Gasteiger partial charge in [-0.1, -0.05) is 18.2 Å². The number of hydrogen-bond acceptors (Lipinski definition) is 5. The Hall–Kier alpha value is -3.23. The molecule has 0 radical (unpaired) electrons. The van der Waals surface area contributed by atoms with Gasteiger partial charge in [0.2, 0.25) is 0 Å². The van der Waals surface area contributed by atoms with Crippen LogP contribution in [-0.4, -0.2) is 58.3 Å². The first-order valence-electron chi connectivity index (χ1n) is 11.8. The number of nitrogens with two attached hydrogens (primary N) is 1. The maximum Gasteiger partial charge on any atom is 0.522 e. The number of fused-ring (bicyclic) bond motifs is 1. The van der Waals surface area contributed by atoms with Crippen molar-refractivity contribution in [2.75, 3.05) is 6.54 Å². The highest BCUT2D eigenvalue weighted by Crippen LogP contribution is 2.32. The average molecular weight is 579 g/mol. The Morgan fingerprint density at radius 3 is 2.21 bits per heavy atom. The van der Waals surface area contributed by atoms with E-state index in [0.717, 1.165) is 22.3 Å². The minimum atomic E-state index is -5.84. The van der Waals surface area contributed by atoms with Crippen LogP contribution in [0.25, 0.3) is 0 Å². The summed E-state index contributed by atoms with van der Waals surface area (Å²) in [4.78, 5) is 12.3. The number of hydrogen-bond donors (Lipinski definition) is 4. The number of aliphatic hydroxyl groups excluding tert-OH is 1. The molecule has 5 N–H and O–H groups in total. The van der Waals surface area contributed by atoms with Crippen LogP contribution < -0.4 is 11.1 Å². The van der Waals surface area contributed by atoms with Crippen LogP contribution in [0.4, 0.5) is 22.4 Å². The molecule has 14 heteroatoms. The van der Waals surface area contributed by atoms with Crippen molar-refractivity contribution in [3.8, 4) is 0 Å². The molecule has 0 aromatic heterocycles. The van der Waals surface area contributed by atoms with Crippen LogP contribution in [0.5, 0.6) is 0 Å². The minimum absolute atomic E-state index is 0.274. The van der Waals surface area contributed by atoms with E-state index in [9.17, 15) is 27.5 Å². The fourth-order valence-corrected chi connectivity index (χ4v) is 3.75. The van der Waals surface area contributed by atoms with Crippen LogP contribution >= 0.6 is 0 Å². The van der Waals surface area contributed by atoms with Gasteiger partial charge in [0.05, 0.1) is 24.3 Å². The molecule has 1 amide bonds. The van der Waals surface area contributed by atoms with Crippen LogP contribution in [0, 0.1) is 5.82 Å². The summed E-state index contributed by atoms with van der Waals surface area (Å²) in [6.45, 7) is 8.59. The number of benzene rings is 2. The van der Waals surface area contributed by atoms with E-state index in [1.54, 1.807) is 32.9 Å². The Bertz CT molecular complexity index is 1310. The lowest BCUT2D eigenvalue weighted by Crippen LogP contribution is -2.38. The van der Waals surface area contributed by atoms with E-state index < -0.39 is 39.5 Å². The zero-order chi connectivity index (χ0) is 29.8. The van der Waals surface area contributed by atoms with Crippen LogP contribution in [0.15, 0.2) is 42.5 Å². The molecule has 2 aromatic carbocycles. The molecule has 0 spiro atoms. The highest BCUT2D eigenvalue weighted by molar-refractivity contribution is 7.86. The number of carbonyl (C=O) groups excluding carboxylic acids is 1. The Balaban J connectivity index is 0.000000580. The number of alkyl carbamates (subject to hydrolysis) is 1. The molecule has 2 atom stereocenters. The van der Waals surface area contributed by atoms with Gasteiger partial charge in [-0.25, -0.2) is 9.18 Å². The second kappa shape index (κ2) is 12.3. The fourth-order valence-electron chi connectivity index (χ4n) is 3.75. The van der Waals surface area contributed by atoms with Gasteiger partial charge in [-0.15, -0.1) is 0 Å². The Morgan fingerprint density at radius 1 is 1.15 bits per heavy atom. The van der Waals surface area contributed by atoms with Crippen molar-refractivity contribution in [3.05, 3.63) is 70.5 Å². The molecule has 0 unspecified atom stereocenters. The maximum atomic E-state index is 13.2. The van der Waals surface area contributed by atoms with E-state index in [1.807, 2.05) is 29.7 Å². The van der Waals surface area contributed by atoms with E-state index in [-0.39, 0.29) is 5.82 Å². The van der Waals surface area contributed by atoms with Crippen molar-refractivity contribution in [3.63, 3.8) is 0 Å². The Labute approximate surface area is 224 Å². The van der Waals surface area contributed by atoms with Gasteiger partial charge in [0.15, 0.2) is 0 Å². The van der Waals surface area contributed by atoms with Gasteiger partial charge in [-0.2, -0.15) is 21.6 Å². The number of carbonyl (C=O) groups is 1. The molecule has 0 saturated heterocycles. The zero-order valence-corrected chi connectivity index (χ0v) is 22.6. The van der Waals surface area contributed by atoms with Crippen molar-refractivity contribution in [1.29, 1.82) is 0 Å². The molecule has 216 valence electrons. The van der Waals surface area contributed by atoms with Crippen molar-refractivity contribution in [2.24, 2.45) is 5.73 Å². The normalized spacial score (nSPS) is 17.9. The van der Waals surface area contributed by atoms with Crippen LogP contribution in [0.2, 0.25) is 0 Å². The van der Waals surface area contributed by atoms with Crippen LogP contribution in [0.1, 0.15) is 56.0 Å².